The van der Waals surface area contributed by atoms with Crippen LogP contribution in [0.2, 0.25) is 0 Å². The van der Waals surface area contributed by atoms with Crippen LogP contribution in [0.5, 0.6) is 0 Å². The molecule has 0 amide bonds. The van der Waals surface area contributed by atoms with Gasteiger partial charge in [-0.2, -0.15) is 0 Å². The highest BCUT2D eigenvalue weighted by Gasteiger charge is 2.15. The van der Waals surface area contributed by atoms with Gasteiger partial charge in [-0.1, -0.05) is 19.9 Å². The Hall–Kier alpha value is -1.61. The molecule has 1 saturated heterocycles. The maximum atomic E-state index is 4.94. The van der Waals surface area contributed by atoms with Crippen LogP contribution >= 0.6 is 0 Å². The fourth-order valence-corrected chi connectivity index (χ4v) is 2.89. The van der Waals surface area contributed by atoms with E-state index in [2.05, 4.69) is 48.3 Å². The predicted octanol–water partition coefficient (Wildman–Crippen LogP) is 2.77. The van der Waals surface area contributed by atoms with E-state index < -0.39 is 0 Å². The van der Waals surface area contributed by atoms with E-state index in [1.54, 1.807) is 0 Å². The van der Waals surface area contributed by atoms with Crippen LogP contribution in [0.15, 0.2) is 24.3 Å². The number of hydrogen-bond donors (Lipinski definition) is 1. The molecule has 0 atom stereocenters. The smallest absolute Gasteiger partial charge is 0.132 e. The summed E-state index contributed by atoms with van der Waals surface area (Å²) in [5, 5.41) is 4.68. The first kappa shape index (κ1) is 13.4. The van der Waals surface area contributed by atoms with Crippen molar-refractivity contribution in [2.24, 2.45) is 0 Å². The molecule has 2 heterocycles. The van der Waals surface area contributed by atoms with E-state index in [0.29, 0.717) is 0 Å². The first-order chi connectivity index (χ1) is 9.81. The van der Waals surface area contributed by atoms with Gasteiger partial charge in [0.15, 0.2) is 0 Å². The largest absolute Gasteiger partial charge is 0.354 e. The Kier molecular flexibility index (Phi) is 3.88. The summed E-state index contributed by atoms with van der Waals surface area (Å²) in [4.78, 5) is 7.36. The number of aromatic nitrogens is 1. The van der Waals surface area contributed by atoms with Crippen molar-refractivity contribution >= 4 is 16.7 Å². The molecule has 3 rings (SSSR count). The lowest BCUT2D eigenvalue weighted by Gasteiger charge is -2.30. The van der Waals surface area contributed by atoms with Crippen molar-refractivity contribution < 1.29 is 0 Å². The zero-order chi connectivity index (χ0) is 13.9. The third kappa shape index (κ3) is 2.50. The number of anilines is 1. The molecule has 1 fully saturated rings. The molecular formula is C17H23N3. The van der Waals surface area contributed by atoms with Crippen LogP contribution in [0.1, 0.15) is 25.0 Å². The van der Waals surface area contributed by atoms with Gasteiger partial charge in [-0.15, -0.1) is 0 Å². The molecule has 0 unspecified atom stereocenters. The number of aryl methyl sites for hydroxylation is 2. The minimum Gasteiger partial charge on any atom is -0.354 e. The minimum atomic E-state index is 1.04. The molecule has 3 nitrogen and oxygen atoms in total. The molecule has 0 spiro atoms. The van der Waals surface area contributed by atoms with Crippen molar-refractivity contribution in [1.82, 2.24) is 10.3 Å². The van der Waals surface area contributed by atoms with E-state index in [4.69, 9.17) is 4.98 Å². The van der Waals surface area contributed by atoms with E-state index in [1.165, 1.54) is 22.3 Å². The number of nitrogens with zero attached hydrogens (tertiary/aromatic N) is 2. The summed E-state index contributed by atoms with van der Waals surface area (Å²) in [5.41, 5.74) is 3.87. The first-order valence-electron chi connectivity index (χ1n) is 7.70. The van der Waals surface area contributed by atoms with Crippen LogP contribution in [-0.4, -0.2) is 31.2 Å². The molecule has 106 valence electrons. The van der Waals surface area contributed by atoms with E-state index in [0.717, 1.165) is 44.5 Å². The molecule has 3 heteroatoms. The molecule has 0 saturated carbocycles. The van der Waals surface area contributed by atoms with Gasteiger partial charge in [0.2, 0.25) is 0 Å². The van der Waals surface area contributed by atoms with Crippen molar-refractivity contribution in [1.29, 1.82) is 0 Å². The number of piperazine rings is 1. The number of fused-ring (bicyclic) bond motifs is 1. The Bertz CT molecular complexity index is 600. The molecule has 1 aromatic carbocycles. The molecule has 0 bridgehead atoms. The monoisotopic (exact) mass is 269 g/mol. The lowest BCUT2D eigenvalue weighted by Crippen LogP contribution is -2.44. The average Bonchev–Trinajstić information content (AvgIpc) is 2.53. The highest BCUT2D eigenvalue weighted by atomic mass is 15.2. The maximum Gasteiger partial charge on any atom is 0.132 e. The quantitative estimate of drug-likeness (QED) is 0.928. The second-order valence-corrected chi connectivity index (χ2v) is 5.44. The Balaban J connectivity index is 2.06. The van der Waals surface area contributed by atoms with E-state index in [1.807, 2.05) is 0 Å². The standard InChI is InChI=1S/C17H23N3/c1-3-13-5-6-16-15(11-13)12-14(4-2)17(19-16)20-9-7-18-8-10-20/h5-6,11-12,18H,3-4,7-10H2,1-2H3. The van der Waals surface area contributed by atoms with Gasteiger partial charge in [0, 0.05) is 31.6 Å². The van der Waals surface area contributed by atoms with Gasteiger partial charge in [0.1, 0.15) is 5.82 Å². The lowest BCUT2D eigenvalue weighted by molar-refractivity contribution is 0.584. The van der Waals surface area contributed by atoms with Gasteiger partial charge >= 0.3 is 0 Å². The second-order valence-electron chi connectivity index (χ2n) is 5.44. The van der Waals surface area contributed by atoms with Gasteiger partial charge in [0.05, 0.1) is 5.52 Å². The van der Waals surface area contributed by atoms with Gasteiger partial charge in [-0.05, 0) is 42.2 Å². The van der Waals surface area contributed by atoms with E-state index >= 15 is 0 Å². The Morgan fingerprint density at radius 2 is 1.90 bits per heavy atom. The van der Waals surface area contributed by atoms with Crippen molar-refractivity contribution in [3.63, 3.8) is 0 Å². The molecule has 0 aliphatic carbocycles. The van der Waals surface area contributed by atoms with Crippen LogP contribution in [0, 0.1) is 0 Å². The van der Waals surface area contributed by atoms with Crippen molar-refractivity contribution in [3.05, 3.63) is 35.4 Å². The van der Waals surface area contributed by atoms with Crippen LogP contribution in [0.4, 0.5) is 5.82 Å². The van der Waals surface area contributed by atoms with Crippen LogP contribution < -0.4 is 10.2 Å². The number of benzene rings is 1. The molecule has 20 heavy (non-hydrogen) atoms. The summed E-state index contributed by atoms with van der Waals surface area (Å²) in [6.45, 7) is 8.63. The Morgan fingerprint density at radius 3 is 2.60 bits per heavy atom. The summed E-state index contributed by atoms with van der Waals surface area (Å²) in [7, 11) is 0. The maximum absolute atomic E-state index is 4.94. The Morgan fingerprint density at radius 1 is 1.10 bits per heavy atom. The molecule has 0 radical (unpaired) electrons. The summed E-state index contributed by atoms with van der Waals surface area (Å²) >= 11 is 0. The SMILES string of the molecule is CCc1ccc2nc(N3CCNCC3)c(CC)cc2c1. The zero-order valence-corrected chi connectivity index (χ0v) is 12.4. The van der Waals surface area contributed by atoms with Crippen molar-refractivity contribution in [3.8, 4) is 0 Å². The van der Waals surface area contributed by atoms with Crippen LogP contribution in [-0.2, 0) is 12.8 Å². The number of nitrogens with one attached hydrogen (secondary N) is 1. The third-order valence-electron chi connectivity index (χ3n) is 4.14. The minimum absolute atomic E-state index is 1.04. The van der Waals surface area contributed by atoms with E-state index in [9.17, 15) is 0 Å². The van der Waals surface area contributed by atoms with Gasteiger partial charge < -0.3 is 10.2 Å². The van der Waals surface area contributed by atoms with E-state index in [-0.39, 0.29) is 0 Å². The van der Waals surface area contributed by atoms with Gasteiger partial charge in [0.25, 0.3) is 0 Å². The van der Waals surface area contributed by atoms with Crippen molar-refractivity contribution in [2.45, 2.75) is 26.7 Å². The molecule has 1 aliphatic heterocycles. The predicted molar refractivity (Wildman–Crippen MR) is 85.6 cm³/mol. The zero-order valence-electron chi connectivity index (χ0n) is 12.4. The number of pyridine rings is 1. The van der Waals surface area contributed by atoms with Crippen LogP contribution in [0.25, 0.3) is 10.9 Å². The number of hydrogen-bond acceptors (Lipinski definition) is 3. The highest BCUT2D eigenvalue weighted by molar-refractivity contribution is 5.82. The molecule has 2 aromatic rings. The molecular weight excluding hydrogens is 246 g/mol. The summed E-state index contributed by atoms with van der Waals surface area (Å²) < 4.78 is 0. The normalized spacial score (nSPS) is 15.8. The van der Waals surface area contributed by atoms with Gasteiger partial charge in [-0.25, -0.2) is 4.98 Å². The molecule has 1 N–H and O–H groups in total. The van der Waals surface area contributed by atoms with Gasteiger partial charge in [-0.3, -0.25) is 0 Å². The average molecular weight is 269 g/mol. The molecule has 1 aromatic heterocycles. The second kappa shape index (κ2) is 5.80. The summed E-state index contributed by atoms with van der Waals surface area (Å²) in [6.07, 6.45) is 2.12. The Labute approximate surface area is 121 Å². The fourth-order valence-electron chi connectivity index (χ4n) is 2.89. The summed E-state index contributed by atoms with van der Waals surface area (Å²) in [5.74, 6) is 1.19. The highest BCUT2D eigenvalue weighted by Crippen LogP contribution is 2.25. The topological polar surface area (TPSA) is 28.2 Å². The van der Waals surface area contributed by atoms with Crippen molar-refractivity contribution in [2.75, 3.05) is 31.1 Å². The molecule has 1 aliphatic rings. The third-order valence-corrected chi connectivity index (χ3v) is 4.14. The fraction of sp³-hybridized carbons (Fsp3) is 0.471. The first-order valence-corrected chi connectivity index (χ1v) is 7.70. The van der Waals surface area contributed by atoms with Crippen LogP contribution in [0.3, 0.4) is 0 Å². The summed E-state index contributed by atoms with van der Waals surface area (Å²) in [6, 6.07) is 8.98. The lowest BCUT2D eigenvalue weighted by atomic mass is 10.1. The number of rotatable bonds is 3.